The minimum absolute atomic E-state index is 0.0689. The Balaban J connectivity index is 1.61. The Bertz CT molecular complexity index is 907. The molecule has 0 spiro atoms. The van der Waals surface area contributed by atoms with Crippen LogP contribution in [0.2, 0.25) is 0 Å². The van der Waals surface area contributed by atoms with Gasteiger partial charge in [0.25, 0.3) is 0 Å². The number of hydrogen-bond acceptors (Lipinski definition) is 3. The van der Waals surface area contributed by atoms with Crippen molar-refractivity contribution in [3.05, 3.63) is 72.1 Å². The Morgan fingerprint density at radius 3 is 2.72 bits per heavy atom. The van der Waals surface area contributed by atoms with Crippen LogP contribution in [0.15, 0.2) is 60.8 Å². The minimum Gasteiger partial charge on any atom is -0.325 e. The average molecular weight is 331 g/mol. The van der Waals surface area contributed by atoms with Crippen molar-refractivity contribution in [2.45, 2.75) is 12.8 Å². The molecule has 2 heterocycles. The fraction of sp³-hybridized carbons (Fsp3) is 0.238. The molecule has 3 aromatic rings. The zero-order valence-electron chi connectivity index (χ0n) is 14.2. The zero-order valence-corrected chi connectivity index (χ0v) is 14.2. The summed E-state index contributed by atoms with van der Waals surface area (Å²) in [4.78, 5) is 17.3. The smallest absolute Gasteiger partial charge is 0.229 e. The first-order valence-electron chi connectivity index (χ1n) is 8.65. The van der Waals surface area contributed by atoms with Gasteiger partial charge in [0.2, 0.25) is 5.91 Å². The number of anilines is 1. The fourth-order valence-electron chi connectivity index (χ4n) is 3.69. The second-order valence-corrected chi connectivity index (χ2v) is 6.57. The minimum atomic E-state index is -0.0689. The highest BCUT2D eigenvalue weighted by Crippen LogP contribution is 2.30. The van der Waals surface area contributed by atoms with E-state index in [1.807, 2.05) is 49.4 Å². The molecular formula is C21H21N3O. The van der Waals surface area contributed by atoms with Gasteiger partial charge in [-0.1, -0.05) is 42.5 Å². The van der Waals surface area contributed by atoms with E-state index in [0.717, 1.165) is 28.7 Å². The van der Waals surface area contributed by atoms with E-state index in [1.165, 1.54) is 5.56 Å². The monoisotopic (exact) mass is 331 g/mol. The van der Waals surface area contributed by atoms with Crippen molar-refractivity contribution >= 4 is 22.4 Å². The molecule has 126 valence electrons. The molecule has 1 fully saturated rings. The molecule has 2 N–H and O–H groups in total. The van der Waals surface area contributed by atoms with Crippen LogP contribution < -0.4 is 10.6 Å². The standard InChI is InChI=1S/C21H21N3O/c1-14-16-8-5-9-20(17(16)10-11-23-14)24-21(25)19-13-22-12-18(19)15-6-3-2-4-7-15/h2-11,18-19,22H,12-13H2,1H3,(H,24,25)/t18-,19+/m1/s1. The third-order valence-electron chi connectivity index (χ3n) is 5.04. The molecule has 4 rings (SSSR count). The van der Waals surface area contributed by atoms with Crippen molar-refractivity contribution in [3.63, 3.8) is 0 Å². The third-order valence-corrected chi connectivity index (χ3v) is 5.04. The highest BCUT2D eigenvalue weighted by atomic mass is 16.1. The van der Waals surface area contributed by atoms with Gasteiger partial charge < -0.3 is 10.6 Å². The van der Waals surface area contributed by atoms with Gasteiger partial charge in [0.1, 0.15) is 0 Å². The number of nitrogens with one attached hydrogen (secondary N) is 2. The molecular weight excluding hydrogens is 310 g/mol. The quantitative estimate of drug-likeness (QED) is 0.772. The number of hydrogen-bond donors (Lipinski definition) is 2. The van der Waals surface area contributed by atoms with Gasteiger partial charge in [-0.05, 0) is 24.6 Å². The third kappa shape index (κ3) is 3.01. The first-order chi connectivity index (χ1) is 12.2. The summed E-state index contributed by atoms with van der Waals surface area (Å²) in [6, 6.07) is 18.2. The number of rotatable bonds is 3. The molecule has 0 radical (unpaired) electrons. The van der Waals surface area contributed by atoms with Crippen molar-refractivity contribution in [1.29, 1.82) is 0 Å². The summed E-state index contributed by atoms with van der Waals surface area (Å²) in [5, 5.41) is 8.62. The summed E-state index contributed by atoms with van der Waals surface area (Å²) in [7, 11) is 0. The molecule has 4 heteroatoms. The predicted molar refractivity (Wildman–Crippen MR) is 101 cm³/mol. The number of amides is 1. The highest BCUT2D eigenvalue weighted by molar-refractivity contribution is 6.03. The van der Waals surface area contributed by atoms with Crippen molar-refractivity contribution in [2.75, 3.05) is 18.4 Å². The van der Waals surface area contributed by atoms with Gasteiger partial charge in [-0.15, -0.1) is 0 Å². The average Bonchev–Trinajstić information content (AvgIpc) is 3.13. The number of pyridine rings is 1. The van der Waals surface area contributed by atoms with Gasteiger partial charge in [-0.3, -0.25) is 9.78 Å². The van der Waals surface area contributed by atoms with E-state index in [-0.39, 0.29) is 17.7 Å². The van der Waals surface area contributed by atoms with Crippen LogP contribution in [0, 0.1) is 12.8 Å². The summed E-state index contributed by atoms with van der Waals surface area (Å²) in [5.41, 5.74) is 3.04. The Labute approximate surface area is 147 Å². The molecule has 2 atom stereocenters. The lowest BCUT2D eigenvalue weighted by Gasteiger charge is -2.19. The Morgan fingerprint density at radius 1 is 1.04 bits per heavy atom. The van der Waals surface area contributed by atoms with Gasteiger partial charge >= 0.3 is 0 Å². The van der Waals surface area contributed by atoms with Gasteiger partial charge in [0, 0.05) is 47.4 Å². The lowest BCUT2D eigenvalue weighted by atomic mass is 9.88. The Morgan fingerprint density at radius 2 is 1.88 bits per heavy atom. The van der Waals surface area contributed by atoms with Crippen LogP contribution >= 0.6 is 0 Å². The van der Waals surface area contributed by atoms with E-state index in [9.17, 15) is 4.79 Å². The highest BCUT2D eigenvalue weighted by Gasteiger charge is 2.34. The van der Waals surface area contributed by atoms with Crippen LogP contribution in [-0.2, 0) is 4.79 Å². The van der Waals surface area contributed by atoms with E-state index in [1.54, 1.807) is 6.20 Å². The van der Waals surface area contributed by atoms with Gasteiger partial charge in [-0.2, -0.15) is 0 Å². The lowest BCUT2D eigenvalue weighted by Crippen LogP contribution is -2.28. The van der Waals surface area contributed by atoms with E-state index >= 15 is 0 Å². The molecule has 0 bridgehead atoms. The maximum absolute atomic E-state index is 13.0. The van der Waals surface area contributed by atoms with Crippen LogP contribution in [-0.4, -0.2) is 24.0 Å². The normalized spacial score (nSPS) is 19.9. The number of aryl methyl sites for hydroxylation is 1. The first kappa shape index (κ1) is 15.8. The SMILES string of the molecule is Cc1nccc2c(NC(=O)[C@H]3CNC[C@@H]3c3ccccc3)cccc12. The maximum Gasteiger partial charge on any atom is 0.229 e. The zero-order chi connectivity index (χ0) is 17.2. The molecule has 0 aliphatic carbocycles. The largest absolute Gasteiger partial charge is 0.325 e. The Kier molecular flexibility index (Phi) is 4.20. The number of carbonyl (C=O) groups excluding carboxylic acids is 1. The Hall–Kier alpha value is -2.72. The number of nitrogens with zero attached hydrogens (tertiary/aromatic N) is 1. The molecule has 1 amide bonds. The van der Waals surface area contributed by atoms with Gasteiger partial charge in [-0.25, -0.2) is 0 Å². The summed E-state index contributed by atoms with van der Waals surface area (Å²) >= 11 is 0. The molecule has 25 heavy (non-hydrogen) atoms. The topological polar surface area (TPSA) is 54.0 Å². The molecule has 2 aromatic carbocycles. The number of benzene rings is 2. The van der Waals surface area contributed by atoms with Crippen molar-refractivity contribution in [1.82, 2.24) is 10.3 Å². The van der Waals surface area contributed by atoms with E-state index in [4.69, 9.17) is 0 Å². The number of fused-ring (bicyclic) bond motifs is 1. The van der Waals surface area contributed by atoms with Crippen LogP contribution in [0.4, 0.5) is 5.69 Å². The summed E-state index contributed by atoms with van der Waals surface area (Å²) in [5.74, 6) is 0.209. The van der Waals surface area contributed by atoms with Crippen molar-refractivity contribution in [2.24, 2.45) is 5.92 Å². The number of aromatic nitrogens is 1. The lowest BCUT2D eigenvalue weighted by molar-refractivity contribution is -0.119. The van der Waals surface area contributed by atoms with Gasteiger partial charge in [0.05, 0.1) is 5.92 Å². The van der Waals surface area contributed by atoms with Crippen molar-refractivity contribution in [3.8, 4) is 0 Å². The fourth-order valence-corrected chi connectivity index (χ4v) is 3.69. The van der Waals surface area contributed by atoms with Crippen LogP contribution in [0.3, 0.4) is 0 Å². The summed E-state index contributed by atoms with van der Waals surface area (Å²) in [6.45, 7) is 3.53. The molecule has 1 saturated heterocycles. The predicted octanol–water partition coefficient (Wildman–Crippen LogP) is 3.48. The van der Waals surface area contributed by atoms with Crippen LogP contribution in [0.5, 0.6) is 0 Å². The molecule has 4 nitrogen and oxygen atoms in total. The van der Waals surface area contributed by atoms with Gasteiger partial charge in [0.15, 0.2) is 0 Å². The molecule has 0 unspecified atom stereocenters. The van der Waals surface area contributed by atoms with E-state index < -0.39 is 0 Å². The second kappa shape index (κ2) is 6.65. The van der Waals surface area contributed by atoms with Crippen LogP contribution in [0.1, 0.15) is 17.2 Å². The molecule has 0 saturated carbocycles. The number of carbonyl (C=O) groups is 1. The maximum atomic E-state index is 13.0. The molecule has 1 aliphatic rings. The summed E-state index contributed by atoms with van der Waals surface area (Å²) in [6.07, 6.45) is 1.79. The molecule has 1 aromatic heterocycles. The van der Waals surface area contributed by atoms with Crippen molar-refractivity contribution < 1.29 is 4.79 Å². The first-order valence-corrected chi connectivity index (χ1v) is 8.65. The summed E-state index contributed by atoms with van der Waals surface area (Å²) < 4.78 is 0. The second-order valence-electron chi connectivity index (χ2n) is 6.57. The molecule has 1 aliphatic heterocycles. The van der Waals surface area contributed by atoms with Crippen LogP contribution in [0.25, 0.3) is 10.8 Å². The van der Waals surface area contributed by atoms with E-state index in [2.05, 4.69) is 27.8 Å². The van der Waals surface area contributed by atoms with E-state index in [0.29, 0.717) is 6.54 Å².